The Bertz CT molecular complexity index is 495. The van der Waals surface area contributed by atoms with Gasteiger partial charge in [-0.3, -0.25) is 14.9 Å². The third kappa shape index (κ3) is 4.90. The molecular formula is C12H15FN2O5. The second-order valence-electron chi connectivity index (χ2n) is 4.11. The maximum Gasteiger partial charge on any atom is 0.273 e. The van der Waals surface area contributed by atoms with Crippen molar-refractivity contribution in [1.82, 2.24) is 5.32 Å². The van der Waals surface area contributed by atoms with Gasteiger partial charge in [0.25, 0.3) is 11.6 Å². The van der Waals surface area contributed by atoms with Gasteiger partial charge in [-0.15, -0.1) is 0 Å². The monoisotopic (exact) mass is 286 g/mol. The number of hydrogen-bond donors (Lipinski definition) is 2. The van der Waals surface area contributed by atoms with Crippen molar-refractivity contribution in [2.24, 2.45) is 0 Å². The number of rotatable bonds is 7. The standard InChI is InChI=1S/C12H15FN2O5/c1-20-7-11(16)2-3-14-12(17)8-4-9(13)6-10(5-8)15(18)19/h4-6,11,16H,2-3,7H2,1H3,(H,14,17). The Morgan fingerprint density at radius 3 is 2.85 bits per heavy atom. The summed E-state index contributed by atoms with van der Waals surface area (Å²) >= 11 is 0. The minimum absolute atomic E-state index is 0.140. The zero-order valence-corrected chi connectivity index (χ0v) is 10.8. The van der Waals surface area contributed by atoms with Crippen LogP contribution >= 0.6 is 0 Å². The Labute approximate surface area is 114 Å². The SMILES string of the molecule is COCC(O)CCNC(=O)c1cc(F)cc([N+](=O)[O-])c1. The van der Waals surface area contributed by atoms with Crippen molar-refractivity contribution >= 4 is 11.6 Å². The van der Waals surface area contributed by atoms with Crippen LogP contribution in [-0.4, -0.2) is 42.3 Å². The third-order valence-electron chi connectivity index (χ3n) is 2.48. The average Bonchev–Trinajstić information content (AvgIpc) is 2.38. The van der Waals surface area contributed by atoms with Gasteiger partial charge in [-0.1, -0.05) is 0 Å². The molecule has 0 heterocycles. The lowest BCUT2D eigenvalue weighted by Crippen LogP contribution is -2.28. The molecule has 0 spiro atoms. The number of nitrogens with zero attached hydrogens (tertiary/aromatic N) is 1. The van der Waals surface area contributed by atoms with Gasteiger partial charge in [-0.05, 0) is 12.5 Å². The normalized spacial score (nSPS) is 11.9. The predicted molar refractivity (Wildman–Crippen MR) is 67.9 cm³/mol. The highest BCUT2D eigenvalue weighted by molar-refractivity contribution is 5.94. The molecule has 110 valence electrons. The number of carbonyl (C=O) groups excluding carboxylic acids is 1. The van der Waals surface area contributed by atoms with Crippen LogP contribution < -0.4 is 5.32 Å². The van der Waals surface area contributed by atoms with Gasteiger partial charge in [-0.25, -0.2) is 4.39 Å². The molecule has 7 nitrogen and oxygen atoms in total. The second-order valence-corrected chi connectivity index (χ2v) is 4.11. The second kappa shape index (κ2) is 7.51. The van der Waals surface area contributed by atoms with Crippen molar-refractivity contribution in [3.05, 3.63) is 39.7 Å². The van der Waals surface area contributed by atoms with Gasteiger partial charge in [0, 0.05) is 25.3 Å². The molecule has 1 amide bonds. The number of carbonyl (C=O) groups is 1. The molecule has 8 heteroatoms. The first kappa shape index (κ1) is 16.0. The maximum atomic E-state index is 13.2. The van der Waals surface area contributed by atoms with Gasteiger partial charge in [0.05, 0.1) is 23.7 Å². The summed E-state index contributed by atoms with van der Waals surface area (Å²) in [5.74, 6) is -1.50. The fraction of sp³-hybridized carbons (Fsp3) is 0.417. The average molecular weight is 286 g/mol. The van der Waals surface area contributed by atoms with Gasteiger partial charge < -0.3 is 15.2 Å². The fourth-order valence-electron chi connectivity index (χ4n) is 1.54. The molecule has 0 saturated heterocycles. The molecule has 0 saturated carbocycles. The predicted octanol–water partition coefficient (Wildman–Crippen LogP) is 0.861. The molecule has 1 aromatic rings. The van der Waals surface area contributed by atoms with E-state index in [2.05, 4.69) is 5.32 Å². The molecule has 0 radical (unpaired) electrons. The van der Waals surface area contributed by atoms with Crippen LogP contribution in [-0.2, 0) is 4.74 Å². The van der Waals surface area contributed by atoms with E-state index >= 15 is 0 Å². The molecule has 0 aliphatic carbocycles. The van der Waals surface area contributed by atoms with E-state index in [-0.39, 0.29) is 25.1 Å². The molecule has 20 heavy (non-hydrogen) atoms. The highest BCUT2D eigenvalue weighted by Crippen LogP contribution is 2.16. The van der Waals surface area contributed by atoms with Crippen LogP contribution in [0.25, 0.3) is 0 Å². The molecule has 1 rings (SSSR count). The van der Waals surface area contributed by atoms with Crippen LogP contribution in [0.5, 0.6) is 0 Å². The summed E-state index contributed by atoms with van der Waals surface area (Å²) in [5, 5.41) is 22.4. The quantitative estimate of drug-likeness (QED) is 0.572. The summed E-state index contributed by atoms with van der Waals surface area (Å²) < 4.78 is 17.9. The van der Waals surface area contributed by atoms with Crippen molar-refractivity contribution in [3.8, 4) is 0 Å². The van der Waals surface area contributed by atoms with Crippen LogP contribution in [0.3, 0.4) is 0 Å². The summed E-state index contributed by atoms with van der Waals surface area (Å²) in [6, 6.07) is 2.64. The number of benzene rings is 1. The van der Waals surface area contributed by atoms with E-state index in [1.54, 1.807) is 0 Å². The van der Waals surface area contributed by atoms with Crippen molar-refractivity contribution in [2.75, 3.05) is 20.3 Å². The minimum Gasteiger partial charge on any atom is -0.391 e. The molecule has 2 N–H and O–H groups in total. The lowest BCUT2D eigenvalue weighted by molar-refractivity contribution is -0.385. The summed E-state index contributed by atoms with van der Waals surface area (Å²) in [6.45, 7) is 0.287. The number of aliphatic hydroxyl groups excluding tert-OH is 1. The van der Waals surface area contributed by atoms with E-state index in [1.807, 2.05) is 0 Å². The third-order valence-corrected chi connectivity index (χ3v) is 2.48. The van der Waals surface area contributed by atoms with Crippen LogP contribution in [0, 0.1) is 15.9 Å². The van der Waals surface area contributed by atoms with E-state index < -0.39 is 28.4 Å². The number of nitrogens with one attached hydrogen (secondary N) is 1. The van der Waals surface area contributed by atoms with Gasteiger partial charge in [0.2, 0.25) is 0 Å². The Kier molecular flexibility index (Phi) is 6.01. The number of non-ortho nitro benzene ring substituents is 1. The number of aliphatic hydroxyl groups is 1. The van der Waals surface area contributed by atoms with Crippen molar-refractivity contribution in [3.63, 3.8) is 0 Å². The minimum atomic E-state index is -0.858. The van der Waals surface area contributed by atoms with Gasteiger partial charge in [0.1, 0.15) is 5.82 Å². The van der Waals surface area contributed by atoms with Gasteiger partial charge >= 0.3 is 0 Å². The number of ether oxygens (including phenoxy) is 1. The molecule has 0 fully saturated rings. The van der Waals surface area contributed by atoms with Crippen LogP contribution in [0.4, 0.5) is 10.1 Å². The van der Waals surface area contributed by atoms with Crippen molar-refractivity contribution < 1.29 is 24.0 Å². The summed E-state index contributed by atoms with van der Waals surface area (Å²) in [5.41, 5.74) is -0.632. The molecule has 1 unspecified atom stereocenters. The van der Waals surface area contributed by atoms with Crippen molar-refractivity contribution in [1.29, 1.82) is 0 Å². The largest absolute Gasteiger partial charge is 0.391 e. The molecule has 0 bridgehead atoms. The van der Waals surface area contributed by atoms with Gasteiger partial charge in [0.15, 0.2) is 0 Å². The molecule has 1 atom stereocenters. The number of amides is 1. The van der Waals surface area contributed by atoms with Crippen LogP contribution in [0.15, 0.2) is 18.2 Å². The number of hydrogen-bond acceptors (Lipinski definition) is 5. The highest BCUT2D eigenvalue weighted by Gasteiger charge is 2.14. The number of nitro benzene ring substituents is 1. The molecule has 1 aromatic carbocycles. The topological polar surface area (TPSA) is 102 Å². The summed E-state index contributed by atoms with van der Waals surface area (Å²) in [7, 11) is 1.44. The van der Waals surface area contributed by atoms with Gasteiger partial charge in [-0.2, -0.15) is 0 Å². The summed E-state index contributed by atoms with van der Waals surface area (Å²) in [6.07, 6.45) is -0.459. The number of methoxy groups -OCH3 is 1. The first-order valence-corrected chi connectivity index (χ1v) is 5.84. The number of nitro groups is 1. The van der Waals surface area contributed by atoms with E-state index in [4.69, 9.17) is 4.74 Å². The van der Waals surface area contributed by atoms with Crippen LogP contribution in [0.1, 0.15) is 16.8 Å². The van der Waals surface area contributed by atoms with E-state index in [0.29, 0.717) is 0 Å². The van der Waals surface area contributed by atoms with Crippen molar-refractivity contribution in [2.45, 2.75) is 12.5 Å². The Hall–Kier alpha value is -2.06. The molecule has 0 aromatic heterocycles. The molecule has 0 aliphatic rings. The first-order valence-electron chi connectivity index (χ1n) is 5.84. The smallest absolute Gasteiger partial charge is 0.273 e. The van der Waals surface area contributed by atoms with Crippen LogP contribution in [0.2, 0.25) is 0 Å². The van der Waals surface area contributed by atoms with E-state index in [9.17, 15) is 24.4 Å². The lowest BCUT2D eigenvalue weighted by Gasteiger charge is -2.10. The van der Waals surface area contributed by atoms with E-state index in [0.717, 1.165) is 18.2 Å². The zero-order valence-electron chi connectivity index (χ0n) is 10.8. The molecule has 0 aliphatic heterocycles. The molecular weight excluding hydrogens is 271 g/mol. The Morgan fingerprint density at radius 1 is 1.55 bits per heavy atom. The maximum absolute atomic E-state index is 13.2. The fourth-order valence-corrected chi connectivity index (χ4v) is 1.54. The Balaban J connectivity index is 2.61. The zero-order chi connectivity index (χ0) is 15.1. The first-order chi connectivity index (χ1) is 9.43. The highest BCUT2D eigenvalue weighted by atomic mass is 19.1. The summed E-state index contributed by atoms with van der Waals surface area (Å²) in [4.78, 5) is 21.5. The lowest BCUT2D eigenvalue weighted by atomic mass is 10.1. The Morgan fingerprint density at radius 2 is 2.25 bits per heavy atom. The van der Waals surface area contributed by atoms with E-state index in [1.165, 1.54) is 7.11 Å². The number of halogens is 1.